The second-order valence-electron chi connectivity index (χ2n) is 6.96. The first kappa shape index (κ1) is 20.6. The van der Waals surface area contributed by atoms with Crippen molar-refractivity contribution < 1.29 is 26.5 Å². The SMILES string of the molecule is Cc1ccc(S(=O)(=O)OCC2COC(Cn3cncn3)(c3ccc(F)cc3)O2)cc1. The largest absolute Gasteiger partial charge is 0.342 e. The van der Waals surface area contributed by atoms with Crippen molar-refractivity contribution in [1.82, 2.24) is 14.8 Å². The predicted octanol–water partition coefficient (Wildman–Crippen LogP) is 2.40. The van der Waals surface area contributed by atoms with Gasteiger partial charge in [-0.3, -0.25) is 4.18 Å². The van der Waals surface area contributed by atoms with Gasteiger partial charge in [-0.15, -0.1) is 0 Å². The molecular weight excluding hydrogens is 413 g/mol. The Hall–Kier alpha value is -2.66. The molecule has 0 saturated carbocycles. The first-order valence-corrected chi connectivity index (χ1v) is 10.6. The van der Waals surface area contributed by atoms with Crippen LogP contribution in [-0.2, 0) is 36.1 Å². The van der Waals surface area contributed by atoms with Gasteiger partial charge in [0.25, 0.3) is 10.1 Å². The van der Waals surface area contributed by atoms with Crippen molar-refractivity contribution in [2.45, 2.75) is 30.3 Å². The summed E-state index contributed by atoms with van der Waals surface area (Å²) in [6.07, 6.45) is 2.23. The number of hydrogen-bond acceptors (Lipinski definition) is 7. The molecule has 2 atom stereocenters. The van der Waals surface area contributed by atoms with Gasteiger partial charge in [0.1, 0.15) is 31.1 Å². The lowest BCUT2D eigenvalue weighted by Gasteiger charge is -2.28. The van der Waals surface area contributed by atoms with E-state index in [1.165, 1.54) is 41.6 Å². The van der Waals surface area contributed by atoms with Crippen LogP contribution in [0.1, 0.15) is 11.1 Å². The Morgan fingerprint density at radius 3 is 2.60 bits per heavy atom. The monoisotopic (exact) mass is 433 g/mol. The molecule has 158 valence electrons. The summed E-state index contributed by atoms with van der Waals surface area (Å²) >= 11 is 0. The maximum atomic E-state index is 13.4. The minimum Gasteiger partial charge on any atom is -0.342 e. The van der Waals surface area contributed by atoms with Crippen LogP contribution >= 0.6 is 0 Å². The van der Waals surface area contributed by atoms with E-state index in [-0.39, 0.29) is 24.7 Å². The zero-order valence-electron chi connectivity index (χ0n) is 16.1. The number of aromatic nitrogens is 3. The molecule has 0 spiro atoms. The van der Waals surface area contributed by atoms with Gasteiger partial charge in [-0.25, -0.2) is 14.1 Å². The fraction of sp³-hybridized carbons (Fsp3) is 0.300. The molecule has 1 saturated heterocycles. The van der Waals surface area contributed by atoms with E-state index in [2.05, 4.69) is 10.1 Å². The summed E-state index contributed by atoms with van der Waals surface area (Å²) in [4.78, 5) is 3.98. The number of benzene rings is 2. The van der Waals surface area contributed by atoms with Gasteiger partial charge in [0.05, 0.1) is 18.1 Å². The average Bonchev–Trinajstić information content (AvgIpc) is 3.38. The van der Waals surface area contributed by atoms with Crippen LogP contribution < -0.4 is 0 Å². The lowest BCUT2D eigenvalue weighted by atomic mass is 10.1. The Morgan fingerprint density at radius 2 is 1.93 bits per heavy atom. The van der Waals surface area contributed by atoms with Crippen molar-refractivity contribution in [2.24, 2.45) is 0 Å². The fourth-order valence-electron chi connectivity index (χ4n) is 3.14. The molecule has 1 aromatic heterocycles. The molecule has 1 aliphatic heterocycles. The lowest BCUT2D eigenvalue weighted by molar-refractivity contribution is -0.190. The molecule has 8 nitrogen and oxygen atoms in total. The second-order valence-corrected chi connectivity index (χ2v) is 8.57. The third kappa shape index (κ3) is 4.41. The summed E-state index contributed by atoms with van der Waals surface area (Å²) in [5, 5.41) is 4.07. The van der Waals surface area contributed by atoms with Crippen molar-refractivity contribution >= 4 is 10.1 Å². The Kier molecular flexibility index (Phi) is 5.65. The third-order valence-electron chi connectivity index (χ3n) is 4.70. The number of halogens is 1. The number of ether oxygens (including phenoxy) is 2. The molecule has 30 heavy (non-hydrogen) atoms. The van der Waals surface area contributed by atoms with Crippen LogP contribution in [0.4, 0.5) is 4.39 Å². The molecule has 0 aliphatic carbocycles. The second kappa shape index (κ2) is 8.23. The molecule has 2 aromatic carbocycles. The van der Waals surface area contributed by atoms with Gasteiger partial charge in [0.15, 0.2) is 0 Å². The molecule has 2 heterocycles. The first-order chi connectivity index (χ1) is 14.4. The van der Waals surface area contributed by atoms with E-state index in [9.17, 15) is 12.8 Å². The van der Waals surface area contributed by atoms with Gasteiger partial charge >= 0.3 is 0 Å². The molecule has 0 amide bonds. The molecule has 4 rings (SSSR count). The van der Waals surface area contributed by atoms with Crippen LogP contribution in [0.5, 0.6) is 0 Å². The average molecular weight is 433 g/mol. The molecule has 0 N–H and O–H groups in total. The highest BCUT2D eigenvalue weighted by Crippen LogP contribution is 2.36. The van der Waals surface area contributed by atoms with Gasteiger partial charge in [0, 0.05) is 5.56 Å². The van der Waals surface area contributed by atoms with E-state index in [4.69, 9.17) is 13.7 Å². The number of nitrogens with zero attached hydrogens (tertiary/aromatic N) is 3. The highest BCUT2D eigenvalue weighted by Gasteiger charge is 2.44. The molecule has 1 aliphatic rings. The summed E-state index contributed by atoms with van der Waals surface area (Å²) in [7, 11) is -3.93. The highest BCUT2D eigenvalue weighted by molar-refractivity contribution is 7.86. The molecular formula is C20H20FN3O5S. The summed E-state index contributed by atoms with van der Waals surface area (Å²) < 4.78 is 57.0. The van der Waals surface area contributed by atoms with Crippen molar-refractivity contribution in [3.63, 3.8) is 0 Å². The van der Waals surface area contributed by atoms with Crippen LogP contribution in [0.2, 0.25) is 0 Å². The zero-order chi connectivity index (χ0) is 21.2. The highest BCUT2D eigenvalue weighted by atomic mass is 32.2. The van der Waals surface area contributed by atoms with Crippen LogP contribution in [0.25, 0.3) is 0 Å². The van der Waals surface area contributed by atoms with Crippen molar-refractivity contribution in [3.05, 3.63) is 78.1 Å². The minimum absolute atomic E-state index is 0.0689. The van der Waals surface area contributed by atoms with E-state index in [0.717, 1.165) is 5.56 Å². The Bertz CT molecular complexity index is 1090. The van der Waals surface area contributed by atoms with E-state index in [1.807, 2.05) is 6.92 Å². The number of rotatable bonds is 7. The van der Waals surface area contributed by atoms with E-state index in [1.54, 1.807) is 24.3 Å². The topological polar surface area (TPSA) is 92.5 Å². The Balaban J connectivity index is 1.50. The lowest BCUT2D eigenvalue weighted by Crippen LogP contribution is -2.34. The van der Waals surface area contributed by atoms with Crippen LogP contribution in [0.3, 0.4) is 0 Å². The minimum atomic E-state index is -3.93. The van der Waals surface area contributed by atoms with Crippen LogP contribution in [-0.4, -0.2) is 42.5 Å². The maximum Gasteiger partial charge on any atom is 0.297 e. The fourth-order valence-corrected chi connectivity index (χ4v) is 4.08. The summed E-state index contributed by atoms with van der Waals surface area (Å²) in [6.45, 7) is 1.89. The Morgan fingerprint density at radius 1 is 1.20 bits per heavy atom. The quantitative estimate of drug-likeness (QED) is 0.528. The van der Waals surface area contributed by atoms with E-state index < -0.39 is 27.8 Å². The van der Waals surface area contributed by atoms with Gasteiger partial charge in [-0.05, 0) is 31.2 Å². The number of hydrogen-bond donors (Lipinski definition) is 0. The molecule has 3 aromatic rings. The van der Waals surface area contributed by atoms with E-state index in [0.29, 0.717) is 5.56 Å². The smallest absolute Gasteiger partial charge is 0.297 e. The first-order valence-electron chi connectivity index (χ1n) is 9.23. The molecule has 10 heteroatoms. The molecule has 2 unspecified atom stereocenters. The summed E-state index contributed by atoms with van der Waals surface area (Å²) in [5.41, 5.74) is 1.52. The Labute approximate surface area is 173 Å². The van der Waals surface area contributed by atoms with Crippen molar-refractivity contribution in [2.75, 3.05) is 13.2 Å². The molecule has 0 bridgehead atoms. The van der Waals surface area contributed by atoms with Gasteiger partial charge in [-0.2, -0.15) is 13.5 Å². The van der Waals surface area contributed by atoms with Gasteiger partial charge in [0.2, 0.25) is 5.79 Å². The molecule has 1 fully saturated rings. The van der Waals surface area contributed by atoms with Crippen molar-refractivity contribution in [1.29, 1.82) is 0 Å². The summed E-state index contributed by atoms with van der Waals surface area (Å²) in [5.74, 6) is -1.67. The molecule has 0 radical (unpaired) electrons. The van der Waals surface area contributed by atoms with Crippen LogP contribution in [0.15, 0.2) is 66.1 Å². The zero-order valence-corrected chi connectivity index (χ0v) is 17.0. The normalized spacial score (nSPS) is 21.7. The predicted molar refractivity (Wildman–Crippen MR) is 103 cm³/mol. The van der Waals surface area contributed by atoms with E-state index >= 15 is 0 Å². The van der Waals surface area contributed by atoms with Crippen LogP contribution in [0, 0.1) is 12.7 Å². The standard InChI is InChI=1S/C20H20FN3O5S/c1-15-2-8-19(9-3-15)30(25,26)28-11-18-10-27-20(29-18,12-24-14-22-13-23-24)16-4-6-17(21)7-5-16/h2-9,13-14,18H,10-12H2,1H3. The maximum absolute atomic E-state index is 13.4. The van der Waals surface area contributed by atoms with Crippen molar-refractivity contribution in [3.8, 4) is 0 Å². The summed E-state index contributed by atoms with van der Waals surface area (Å²) in [6, 6.07) is 12.1. The number of aryl methyl sites for hydroxylation is 1. The van der Waals surface area contributed by atoms with Gasteiger partial charge in [-0.1, -0.05) is 29.8 Å². The van der Waals surface area contributed by atoms with Gasteiger partial charge < -0.3 is 9.47 Å². The third-order valence-corrected chi connectivity index (χ3v) is 5.99.